The highest BCUT2D eigenvalue weighted by molar-refractivity contribution is 5.85. The first kappa shape index (κ1) is 24.8. The second-order valence-corrected chi connectivity index (χ2v) is 8.49. The van der Waals surface area contributed by atoms with Gasteiger partial charge in [0.25, 0.3) is 0 Å². The van der Waals surface area contributed by atoms with Crippen molar-refractivity contribution in [2.75, 3.05) is 32.8 Å². The predicted octanol–water partition coefficient (Wildman–Crippen LogP) is 1.70. The molecule has 1 aromatic heterocycles. The van der Waals surface area contributed by atoms with Crippen LogP contribution < -0.4 is 25.4 Å². The molecule has 190 valence electrons. The molecule has 1 unspecified atom stereocenters. The van der Waals surface area contributed by atoms with E-state index in [4.69, 9.17) is 23.9 Å². The summed E-state index contributed by atoms with van der Waals surface area (Å²) < 4.78 is 48.5. The maximum absolute atomic E-state index is 12.4. The Morgan fingerprint density at radius 1 is 1.17 bits per heavy atom. The van der Waals surface area contributed by atoms with Gasteiger partial charge in [-0.05, 0) is 44.1 Å². The van der Waals surface area contributed by atoms with Gasteiger partial charge >= 0.3 is 12.1 Å². The van der Waals surface area contributed by atoms with Gasteiger partial charge < -0.3 is 29.7 Å². The van der Waals surface area contributed by atoms with Crippen molar-refractivity contribution < 1.29 is 41.9 Å². The number of aliphatic carboxylic acids is 1. The number of carboxylic acids is 1. The molecule has 0 aliphatic carbocycles. The van der Waals surface area contributed by atoms with Gasteiger partial charge in [-0.1, -0.05) is 5.16 Å². The van der Waals surface area contributed by atoms with Crippen LogP contribution in [-0.4, -0.2) is 67.2 Å². The highest BCUT2D eigenvalue weighted by Gasteiger charge is 2.48. The molecule has 0 saturated carbocycles. The first-order chi connectivity index (χ1) is 16.7. The summed E-state index contributed by atoms with van der Waals surface area (Å²) in [7, 11) is 0. The van der Waals surface area contributed by atoms with Crippen LogP contribution in [0.3, 0.4) is 0 Å². The van der Waals surface area contributed by atoms with Crippen LogP contribution in [0.25, 0.3) is 11.3 Å². The smallest absolute Gasteiger partial charge is 0.486 e. The summed E-state index contributed by atoms with van der Waals surface area (Å²) in [5, 5.41) is 21.1. The molecule has 1 aromatic carbocycles. The second kappa shape index (κ2) is 10.1. The van der Waals surface area contributed by atoms with E-state index >= 15 is 0 Å². The van der Waals surface area contributed by atoms with Crippen LogP contribution in [0, 0.1) is 5.41 Å². The Morgan fingerprint density at radius 2 is 1.86 bits per heavy atom. The van der Waals surface area contributed by atoms with Crippen molar-refractivity contribution in [2.24, 2.45) is 5.41 Å². The fraction of sp³-hybridized carbons (Fsp3) is 0.500. The zero-order valence-electron chi connectivity index (χ0n) is 18.6. The molecule has 35 heavy (non-hydrogen) atoms. The van der Waals surface area contributed by atoms with Gasteiger partial charge in [-0.2, -0.15) is 13.2 Å². The lowest BCUT2D eigenvalue weighted by Gasteiger charge is -2.37. The number of carboxylic acid groups (broad SMARTS) is 1. The predicted molar refractivity (Wildman–Crippen MR) is 115 cm³/mol. The van der Waals surface area contributed by atoms with Crippen LogP contribution in [0.1, 0.15) is 18.5 Å². The van der Waals surface area contributed by atoms with Crippen molar-refractivity contribution >= 4 is 11.9 Å². The largest absolute Gasteiger partial charge is 0.490 e. The molecule has 0 radical (unpaired) electrons. The van der Waals surface area contributed by atoms with Crippen LogP contribution in [0.4, 0.5) is 13.2 Å². The van der Waals surface area contributed by atoms with E-state index in [1.807, 2.05) is 24.3 Å². The fourth-order valence-corrected chi connectivity index (χ4v) is 4.38. The van der Waals surface area contributed by atoms with Gasteiger partial charge in [0.05, 0.1) is 11.7 Å². The normalized spacial score (nSPS) is 20.7. The van der Waals surface area contributed by atoms with Crippen molar-refractivity contribution in [3.05, 3.63) is 30.0 Å². The summed E-state index contributed by atoms with van der Waals surface area (Å²) in [6.45, 7) is 4.24. The third-order valence-electron chi connectivity index (χ3n) is 6.20. The molecular formula is C22H25F3N4O6. The molecule has 13 heteroatoms. The van der Waals surface area contributed by atoms with Gasteiger partial charge in [0.15, 0.2) is 17.3 Å². The minimum atomic E-state index is -5.08. The monoisotopic (exact) mass is 498 g/mol. The molecule has 1 spiro atoms. The lowest BCUT2D eigenvalue weighted by atomic mass is 9.75. The summed E-state index contributed by atoms with van der Waals surface area (Å²) in [4.78, 5) is 21.3. The van der Waals surface area contributed by atoms with E-state index in [0.717, 1.165) is 55.2 Å². The first-order valence-electron chi connectivity index (χ1n) is 11.1. The summed E-state index contributed by atoms with van der Waals surface area (Å²) in [5.74, 6) is -0.544. The minimum absolute atomic E-state index is 0.00920. The van der Waals surface area contributed by atoms with E-state index in [1.54, 1.807) is 0 Å². The Balaban J connectivity index is 0.000000364. The van der Waals surface area contributed by atoms with E-state index in [2.05, 4.69) is 21.1 Å². The molecule has 1 amide bonds. The van der Waals surface area contributed by atoms with Crippen molar-refractivity contribution in [3.63, 3.8) is 0 Å². The molecule has 10 nitrogen and oxygen atoms in total. The number of piperidine rings is 1. The molecule has 5 rings (SSSR count). The highest BCUT2D eigenvalue weighted by Crippen LogP contribution is 2.37. The van der Waals surface area contributed by atoms with Crippen molar-refractivity contribution in [3.8, 4) is 22.8 Å². The van der Waals surface area contributed by atoms with Crippen molar-refractivity contribution in [2.45, 2.75) is 31.6 Å². The number of ether oxygens (including phenoxy) is 2. The van der Waals surface area contributed by atoms with E-state index in [-0.39, 0.29) is 17.4 Å². The number of carbonyl (C=O) groups is 2. The maximum Gasteiger partial charge on any atom is 0.490 e. The van der Waals surface area contributed by atoms with Crippen LogP contribution >= 0.6 is 0 Å². The average Bonchev–Trinajstić information content (AvgIpc) is 3.43. The van der Waals surface area contributed by atoms with Gasteiger partial charge in [0, 0.05) is 30.1 Å². The lowest BCUT2D eigenvalue weighted by molar-refractivity contribution is -0.192. The molecule has 1 atom stereocenters. The number of hydrogen-bond donors (Lipinski definition) is 4. The van der Waals surface area contributed by atoms with E-state index in [0.29, 0.717) is 25.5 Å². The van der Waals surface area contributed by atoms with Crippen molar-refractivity contribution in [1.29, 1.82) is 0 Å². The van der Waals surface area contributed by atoms with Gasteiger partial charge in [-0.3, -0.25) is 10.1 Å². The van der Waals surface area contributed by atoms with Gasteiger partial charge in [-0.25, -0.2) is 4.79 Å². The number of nitrogens with zero attached hydrogens (tertiary/aromatic N) is 1. The van der Waals surface area contributed by atoms with Gasteiger partial charge in [0.1, 0.15) is 13.2 Å². The van der Waals surface area contributed by atoms with Gasteiger partial charge in [0.2, 0.25) is 5.91 Å². The Labute approximate surface area is 198 Å². The topological polar surface area (TPSA) is 135 Å². The molecular weight excluding hydrogens is 473 g/mol. The molecule has 3 aliphatic rings. The summed E-state index contributed by atoms with van der Waals surface area (Å²) >= 11 is 0. The van der Waals surface area contributed by atoms with Crippen LogP contribution in [0.2, 0.25) is 0 Å². The second-order valence-electron chi connectivity index (χ2n) is 8.49. The molecule has 2 saturated heterocycles. The molecule has 2 fully saturated rings. The summed E-state index contributed by atoms with van der Waals surface area (Å²) in [6.07, 6.45) is -3.10. The van der Waals surface area contributed by atoms with Crippen LogP contribution in [-0.2, 0) is 16.1 Å². The number of benzene rings is 1. The Kier molecular flexibility index (Phi) is 7.17. The maximum atomic E-state index is 12.4. The number of carbonyl (C=O) groups excluding carboxylic acids is 1. The number of nitrogens with one attached hydrogen (secondary N) is 3. The standard InChI is InChI=1S/C20H24N4O4.C2HF3O2/c25-19-18(20(12-23-19)3-5-21-6-4-20)22-11-14-10-16(28-24-14)13-1-2-15-17(9-13)27-8-7-26-15;3-2(4,5)1(6)7/h1-2,9-10,18,21-22H,3-8,11-12H2,(H,23,25);(H,6,7). The molecule has 0 bridgehead atoms. The first-order valence-corrected chi connectivity index (χ1v) is 11.1. The Morgan fingerprint density at radius 3 is 2.54 bits per heavy atom. The molecule has 2 aromatic rings. The zero-order chi connectivity index (χ0) is 25.1. The average molecular weight is 498 g/mol. The van der Waals surface area contributed by atoms with E-state index in [9.17, 15) is 18.0 Å². The van der Waals surface area contributed by atoms with E-state index in [1.165, 1.54) is 0 Å². The quantitative estimate of drug-likeness (QED) is 0.497. The fourth-order valence-electron chi connectivity index (χ4n) is 4.38. The number of aromatic nitrogens is 1. The number of rotatable bonds is 4. The SMILES string of the molecule is O=C(O)C(F)(F)F.O=C1NCC2(CCNCC2)C1NCc1cc(-c2ccc3c(c2)OCCO3)on1. The number of fused-ring (bicyclic) bond motifs is 1. The number of amides is 1. The van der Waals surface area contributed by atoms with Crippen LogP contribution in [0.15, 0.2) is 28.8 Å². The summed E-state index contributed by atoms with van der Waals surface area (Å²) in [6, 6.07) is 7.43. The van der Waals surface area contributed by atoms with E-state index < -0.39 is 12.1 Å². The number of hydrogen-bond acceptors (Lipinski definition) is 8. The highest BCUT2D eigenvalue weighted by atomic mass is 19.4. The zero-order valence-corrected chi connectivity index (χ0v) is 18.6. The molecule has 4 heterocycles. The third kappa shape index (κ3) is 5.68. The number of halogens is 3. The van der Waals surface area contributed by atoms with Crippen molar-refractivity contribution in [1.82, 2.24) is 21.1 Å². The number of alkyl halides is 3. The Bertz CT molecular complexity index is 1070. The third-order valence-corrected chi connectivity index (χ3v) is 6.20. The minimum Gasteiger partial charge on any atom is -0.486 e. The molecule has 4 N–H and O–H groups in total. The lowest BCUT2D eigenvalue weighted by Crippen LogP contribution is -2.51. The molecule has 3 aliphatic heterocycles. The summed E-state index contributed by atoms with van der Waals surface area (Å²) in [5.41, 5.74) is 1.65. The Hall–Kier alpha value is -3.32. The van der Waals surface area contributed by atoms with Crippen LogP contribution in [0.5, 0.6) is 11.5 Å². The van der Waals surface area contributed by atoms with Gasteiger partial charge in [-0.15, -0.1) is 0 Å².